The van der Waals surface area contributed by atoms with Crippen molar-refractivity contribution in [1.82, 2.24) is 25.1 Å². The molecule has 3 fully saturated rings. The van der Waals surface area contributed by atoms with Gasteiger partial charge in [0.25, 0.3) is 0 Å². The first-order valence-corrected chi connectivity index (χ1v) is 10.8. The number of Topliss-reactive ketones (excluding diaryl/α,β-unsaturated/α-hetero) is 1. The van der Waals surface area contributed by atoms with Crippen molar-refractivity contribution in [1.29, 1.82) is 5.26 Å². The van der Waals surface area contributed by atoms with E-state index >= 15 is 0 Å². The molecule has 3 aliphatic rings. The molecular weight excluding hydrogens is 380 g/mol. The van der Waals surface area contributed by atoms with Crippen LogP contribution in [0.25, 0.3) is 11.0 Å². The first kappa shape index (κ1) is 19.2. The molecule has 3 saturated heterocycles. The molecule has 0 spiro atoms. The quantitative estimate of drug-likeness (QED) is 0.792. The minimum Gasteiger partial charge on any atom is -0.342 e. The summed E-state index contributed by atoms with van der Waals surface area (Å²) in [6, 6.07) is 7.94. The minimum absolute atomic E-state index is 0.0808. The van der Waals surface area contributed by atoms with Gasteiger partial charge in [-0.2, -0.15) is 5.26 Å². The number of carbonyl (C=O) groups excluding carboxylic acids is 2. The zero-order chi connectivity index (χ0) is 20.7. The number of ketones is 1. The van der Waals surface area contributed by atoms with Gasteiger partial charge in [-0.3, -0.25) is 14.5 Å². The van der Waals surface area contributed by atoms with Crippen molar-refractivity contribution in [3.8, 4) is 6.07 Å². The number of piperidine rings is 1. The van der Waals surface area contributed by atoms with Gasteiger partial charge in [-0.1, -0.05) is 0 Å². The monoisotopic (exact) mass is 406 g/mol. The van der Waals surface area contributed by atoms with Crippen LogP contribution in [0.15, 0.2) is 18.2 Å². The lowest BCUT2D eigenvalue weighted by molar-refractivity contribution is -0.133. The first-order chi connectivity index (χ1) is 14.6. The van der Waals surface area contributed by atoms with Gasteiger partial charge < -0.3 is 15.2 Å². The van der Waals surface area contributed by atoms with Crippen molar-refractivity contribution in [2.24, 2.45) is 0 Å². The van der Waals surface area contributed by atoms with Gasteiger partial charge in [0.2, 0.25) is 5.91 Å². The average molecular weight is 406 g/mol. The van der Waals surface area contributed by atoms with E-state index in [0.29, 0.717) is 30.5 Å². The van der Waals surface area contributed by atoms with Crippen molar-refractivity contribution in [3.63, 3.8) is 0 Å². The predicted octanol–water partition coefficient (Wildman–Crippen LogP) is 1.15. The maximum atomic E-state index is 12.6. The molecule has 0 unspecified atom stereocenters. The van der Waals surface area contributed by atoms with E-state index in [1.165, 1.54) is 0 Å². The SMILES string of the molecule is N#Cc1ccc2nc(C3CCN([C@@H]4CN[C@H](C(=O)N5CCC(=O)C5)C4)CC3)[nH]c2c1. The number of nitrogens with one attached hydrogen (secondary N) is 2. The minimum atomic E-state index is -0.164. The summed E-state index contributed by atoms with van der Waals surface area (Å²) in [5.74, 6) is 1.64. The Morgan fingerprint density at radius 2 is 2.07 bits per heavy atom. The molecule has 4 heterocycles. The van der Waals surface area contributed by atoms with E-state index in [9.17, 15) is 9.59 Å². The van der Waals surface area contributed by atoms with E-state index < -0.39 is 0 Å². The Morgan fingerprint density at radius 3 is 2.80 bits per heavy atom. The number of aromatic nitrogens is 2. The maximum absolute atomic E-state index is 12.6. The molecule has 30 heavy (non-hydrogen) atoms. The van der Waals surface area contributed by atoms with Crippen molar-refractivity contribution < 1.29 is 9.59 Å². The number of hydrogen-bond acceptors (Lipinski definition) is 6. The zero-order valence-corrected chi connectivity index (χ0v) is 16.9. The molecule has 1 aromatic carbocycles. The third kappa shape index (κ3) is 3.59. The van der Waals surface area contributed by atoms with Crippen LogP contribution in [0.2, 0.25) is 0 Å². The van der Waals surface area contributed by atoms with Crippen LogP contribution < -0.4 is 5.32 Å². The van der Waals surface area contributed by atoms with Crippen molar-refractivity contribution in [3.05, 3.63) is 29.6 Å². The van der Waals surface area contributed by atoms with Gasteiger partial charge in [0.05, 0.1) is 35.3 Å². The molecule has 2 atom stereocenters. The van der Waals surface area contributed by atoms with Crippen LogP contribution in [0.1, 0.15) is 43.0 Å². The second-order valence-corrected chi connectivity index (χ2v) is 8.67. The van der Waals surface area contributed by atoms with E-state index in [-0.39, 0.29) is 24.3 Å². The van der Waals surface area contributed by atoms with E-state index in [1.807, 2.05) is 12.1 Å². The highest BCUT2D eigenvalue weighted by Crippen LogP contribution is 2.30. The number of amides is 1. The Bertz CT molecular complexity index is 1020. The fourth-order valence-corrected chi connectivity index (χ4v) is 5.05. The van der Waals surface area contributed by atoms with Gasteiger partial charge in [0.1, 0.15) is 5.82 Å². The molecule has 0 saturated carbocycles. The Labute approximate surface area is 175 Å². The number of carbonyl (C=O) groups is 2. The summed E-state index contributed by atoms with van der Waals surface area (Å²) in [4.78, 5) is 36.5. The largest absolute Gasteiger partial charge is 0.342 e. The summed E-state index contributed by atoms with van der Waals surface area (Å²) in [6.07, 6.45) is 3.37. The van der Waals surface area contributed by atoms with Crippen LogP contribution in [0.5, 0.6) is 0 Å². The fraction of sp³-hybridized carbons (Fsp3) is 0.545. The lowest BCUT2D eigenvalue weighted by Crippen LogP contribution is -2.43. The average Bonchev–Trinajstić information content (AvgIpc) is 3.52. The van der Waals surface area contributed by atoms with E-state index in [0.717, 1.165) is 55.8 Å². The zero-order valence-electron chi connectivity index (χ0n) is 16.9. The topological polar surface area (TPSA) is 105 Å². The molecule has 3 aliphatic heterocycles. The normalized spacial score (nSPS) is 25.8. The second kappa shape index (κ2) is 7.82. The molecule has 8 heteroatoms. The molecule has 5 rings (SSSR count). The number of aromatic amines is 1. The number of nitriles is 1. The lowest BCUT2D eigenvalue weighted by Gasteiger charge is -2.35. The second-order valence-electron chi connectivity index (χ2n) is 8.67. The van der Waals surface area contributed by atoms with Gasteiger partial charge in [-0.25, -0.2) is 4.98 Å². The van der Waals surface area contributed by atoms with Gasteiger partial charge >= 0.3 is 0 Å². The summed E-state index contributed by atoms with van der Waals surface area (Å²) in [5, 5.41) is 12.5. The van der Waals surface area contributed by atoms with Gasteiger partial charge in [-0.15, -0.1) is 0 Å². The van der Waals surface area contributed by atoms with Crippen LogP contribution in [-0.4, -0.2) is 76.3 Å². The van der Waals surface area contributed by atoms with E-state index in [4.69, 9.17) is 10.2 Å². The van der Waals surface area contributed by atoms with Crippen molar-refractivity contribution in [2.45, 2.75) is 43.7 Å². The summed E-state index contributed by atoms with van der Waals surface area (Å²) in [6.45, 7) is 3.64. The first-order valence-electron chi connectivity index (χ1n) is 10.8. The third-order valence-electron chi connectivity index (χ3n) is 6.81. The van der Waals surface area contributed by atoms with Gasteiger partial charge in [0, 0.05) is 31.5 Å². The number of imidazole rings is 1. The Morgan fingerprint density at radius 1 is 1.23 bits per heavy atom. The Balaban J connectivity index is 1.17. The highest BCUT2D eigenvalue weighted by atomic mass is 16.2. The summed E-state index contributed by atoms with van der Waals surface area (Å²) in [5.41, 5.74) is 2.48. The maximum Gasteiger partial charge on any atom is 0.240 e. The molecule has 0 radical (unpaired) electrons. The highest BCUT2D eigenvalue weighted by Gasteiger charge is 2.38. The number of hydrogen-bond donors (Lipinski definition) is 2. The molecular formula is C22H26N6O2. The summed E-state index contributed by atoms with van der Waals surface area (Å²) < 4.78 is 0. The van der Waals surface area contributed by atoms with Crippen LogP contribution in [-0.2, 0) is 9.59 Å². The predicted molar refractivity (Wildman–Crippen MR) is 111 cm³/mol. The molecule has 156 valence electrons. The number of rotatable bonds is 3. The summed E-state index contributed by atoms with van der Waals surface area (Å²) >= 11 is 0. The molecule has 2 N–H and O–H groups in total. The molecule has 1 aromatic heterocycles. The molecule has 8 nitrogen and oxygen atoms in total. The van der Waals surface area contributed by atoms with Crippen molar-refractivity contribution in [2.75, 3.05) is 32.7 Å². The number of benzene rings is 1. The van der Waals surface area contributed by atoms with Crippen molar-refractivity contribution >= 4 is 22.7 Å². The molecule has 0 bridgehead atoms. The lowest BCUT2D eigenvalue weighted by atomic mass is 9.94. The standard InChI is InChI=1S/C22H26N6O2/c23-11-14-1-2-18-19(9-14)26-21(25-18)15-3-6-27(7-4-15)16-10-20(24-12-16)22(30)28-8-5-17(29)13-28/h1-2,9,15-16,20,24H,3-8,10,12-13H2,(H,25,26)/t16-,20-/m0/s1. The summed E-state index contributed by atoms with van der Waals surface area (Å²) in [7, 11) is 0. The van der Waals surface area contributed by atoms with E-state index in [1.54, 1.807) is 11.0 Å². The van der Waals surface area contributed by atoms with Crippen LogP contribution in [0.3, 0.4) is 0 Å². The van der Waals surface area contributed by atoms with Crippen LogP contribution in [0, 0.1) is 11.3 Å². The number of nitrogens with zero attached hydrogens (tertiary/aromatic N) is 4. The van der Waals surface area contributed by atoms with E-state index in [2.05, 4.69) is 21.3 Å². The smallest absolute Gasteiger partial charge is 0.240 e. The Hall–Kier alpha value is -2.76. The molecule has 1 amide bonds. The number of fused-ring (bicyclic) bond motifs is 1. The number of likely N-dealkylation sites (tertiary alicyclic amines) is 2. The van der Waals surface area contributed by atoms with Crippen LogP contribution >= 0.6 is 0 Å². The molecule has 0 aliphatic carbocycles. The highest BCUT2D eigenvalue weighted by molar-refractivity contribution is 5.91. The van der Waals surface area contributed by atoms with Gasteiger partial charge in [-0.05, 0) is 50.6 Å². The third-order valence-corrected chi connectivity index (χ3v) is 6.81. The van der Waals surface area contributed by atoms with Crippen LogP contribution in [0.4, 0.5) is 0 Å². The molecule has 2 aromatic rings. The fourth-order valence-electron chi connectivity index (χ4n) is 5.05. The van der Waals surface area contributed by atoms with Gasteiger partial charge in [0.15, 0.2) is 5.78 Å². The number of H-pyrrole nitrogens is 1. The Kier molecular flexibility index (Phi) is 5.01.